The Morgan fingerprint density at radius 2 is 2.06 bits per heavy atom. The first-order valence-corrected chi connectivity index (χ1v) is 7.15. The quantitative estimate of drug-likeness (QED) is 0.915. The fourth-order valence-corrected chi connectivity index (χ4v) is 3.41. The van der Waals surface area contributed by atoms with Crippen LogP contribution in [-0.4, -0.2) is 25.2 Å². The second kappa shape index (κ2) is 5.20. The molecule has 0 atom stereocenters. The van der Waals surface area contributed by atoms with E-state index in [4.69, 9.17) is 16.7 Å². The highest BCUT2D eigenvalue weighted by molar-refractivity contribution is 9.11. The lowest BCUT2D eigenvalue weighted by Gasteiger charge is -2.05. The van der Waals surface area contributed by atoms with Gasteiger partial charge < -0.3 is 5.11 Å². The molecule has 92 valence electrons. The molecule has 1 rings (SSSR count). The number of benzene rings is 1. The van der Waals surface area contributed by atoms with Gasteiger partial charge in [-0.3, -0.25) is 0 Å². The van der Waals surface area contributed by atoms with Crippen LogP contribution in [0.3, 0.4) is 0 Å². The number of rotatable bonds is 4. The molecule has 0 saturated heterocycles. The van der Waals surface area contributed by atoms with Gasteiger partial charge in [-0.1, -0.05) is 34.1 Å². The van der Waals surface area contributed by atoms with E-state index in [1.54, 1.807) is 0 Å². The summed E-state index contributed by atoms with van der Waals surface area (Å²) in [7, 11) is -3.60. The number of sulfone groups is 1. The van der Waals surface area contributed by atoms with Crippen LogP contribution in [0.5, 0.6) is 0 Å². The number of halogens is 2. The lowest BCUT2D eigenvalue weighted by Crippen LogP contribution is -2.08. The minimum Gasteiger partial charge on any atom is -0.478 e. The normalized spacial score (nSPS) is 11.2. The van der Waals surface area contributed by atoms with Gasteiger partial charge in [0, 0.05) is 4.48 Å². The molecule has 17 heavy (non-hydrogen) atoms. The van der Waals surface area contributed by atoms with Crippen molar-refractivity contribution in [3.05, 3.63) is 39.8 Å². The molecule has 0 aliphatic rings. The minimum atomic E-state index is -3.60. The summed E-state index contributed by atoms with van der Waals surface area (Å²) in [5.41, 5.74) is -0.243. The first kappa shape index (κ1) is 14.2. The van der Waals surface area contributed by atoms with Gasteiger partial charge in [-0.25, -0.2) is 13.2 Å². The summed E-state index contributed by atoms with van der Waals surface area (Å²) in [5.74, 6) is -1.57. The van der Waals surface area contributed by atoms with E-state index < -0.39 is 15.8 Å². The average molecular weight is 340 g/mol. The van der Waals surface area contributed by atoms with E-state index in [9.17, 15) is 13.2 Å². The third-order valence-electron chi connectivity index (χ3n) is 1.87. The van der Waals surface area contributed by atoms with E-state index >= 15 is 0 Å². The number of hydrogen-bond donors (Lipinski definition) is 1. The third kappa shape index (κ3) is 3.55. The molecule has 0 bridgehead atoms. The number of carboxylic acid groups (broad SMARTS) is 1. The highest BCUT2D eigenvalue weighted by Crippen LogP contribution is 2.22. The van der Waals surface area contributed by atoms with E-state index in [0.29, 0.717) is 4.48 Å². The Bertz CT molecular complexity index is 580. The maximum Gasteiger partial charge on any atom is 0.337 e. The van der Waals surface area contributed by atoms with E-state index in [1.165, 1.54) is 12.1 Å². The van der Waals surface area contributed by atoms with Crippen LogP contribution in [0.1, 0.15) is 10.4 Å². The third-order valence-corrected chi connectivity index (χ3v) is 4.56. The van der Waals surface area contributed by atoms with Crippen LogP contribution in [0.4, 0.5) is 0 Å². The molecule has 1 aromatic carbocycles. The maximum absolute atomic E-state index is 11.8. The minimum absolute atomic E-state index is 0.00545. The molecule has 1 aromatic rings. The number of hydrogen-bond acceptors (Lipinski definition) is 3. The highest BCUT2D eigenvalue weighted by Gasteiger charge is 2.18. The molecule has 4 nitrogen and oxygen atoms in total. The first-order chi connectivity index (χ1) is 7.74. The van der Waals surface area contributed by atoms with Crippen molar-refractivity contribution in [3.8, 4) is 0 Å². The fourth-order valence-electron chi connectivity index (χ4n) is 1.15. The number of carboxylic acids is 1. The predicted molar refractivity (Wildman–Crippen MR) is 68.5 cm³/mol. The molecule has 7 heteroatoms. The molecular formula is C10H8BrClO4S. The lowest BCUT2D eigenvalue weighted by molar-refractivity contribution is 0.0697. The van der Waals surface area contributed by atoms with E-state index in [2.05, 4.69) is 22.5 Å². The Balaban J connectivity index is 3.30. The molecule has 0 saturated carbocycles. The van der Waals surface area contributed by atoms with Crippen LogP contribution in [0.2, 0.25) is 5.02 Å². The van der Waals surface area contributed by atoms with E-state index in [0.717, 1.165) is 6.07 Å². The molecule has 1 N–H and O–H groups in total. The van der Waals surface area contributed by atoms with Gasteiger partial charge in [0.15, 0.2) is 9.84 Å². The lowest BCUT2D eigenvalue weighted by atomic mass is 10.2. The SMILES string of the molecule is C=C(Br)CS(=O)(=O)c1ccc(Cl)c(C(=O)O)c1. The van der Waals surface area contributed by atoms with E-state index in [1.807, 2.05) is 0 Å². The van der Waals surface area contributed by atoms with Gasteiger partial charge >= 0.3 is 5.97 Å². The van der Waals surface area contributed by atoms with Crippen molar-refractivity contribution in [2.45, 2.75) is 4.90 Å². The first-order valence-electron chi connectivity index (χ1n) is 4.33. The Labute approximate surface area is 112 Å². The van der Waals surface area contributed by atoms with Gasteiger partial charge in [0.1, 0.15) is 0 Å². The number of carbonyl (C=O) groups is 1. The fraction of sp³-hybridized carbons (Fsp3) is 0.100. The van der Waals surface area contributed by atoms with Crippen molar-refractivity contribution in [1.29, 1.82) is 0 Å². The van der Waals surface area contributed by atoms with Crippen LogP contribution in [0.15, 0.2) is 34.2 Å². The van der Waals surface area contributed by atoms with Crippen LogP contribution in [0, 0.1) is 0 Å². The summed E-state index contributed by atoms with van der Waals surface area (Å²) in [6, 6.07) is 3.55. The molecule has 0 aromatic heterocycles. The van der Waals surface area contributed by atoms with E-state index in [-0.39, 0.29) is 21.2 Å². The largest absolute Gasteiger partial charge is 0.478 e. The maximum atomic E-state index is 11.8. The summed E-state index contributed by atoms with van der Waals surface area (Å²) in [5, 5.41) is 8.83. The van der Waals surface area contributed by atoms with Gasteiger partial charge in [-0.2, -0.15) is 0 Å². The average Bonchev–Trinajstić information content (AvgIpc) is 2.15. The zero-order chi connectivity index (χ0) is 13.2. The summed E-state index contributed by atoms with van der Waals surface area (Å²) in [6.07, 6.45) is 0. The van der Waals surface area contributed by atoms with Crippen molar-refractivity contribution in [2.75, 3.05) is 5.75 Å². The van der Waals surface area contributed by atoms with Gasteiger partial charge in [0.25, 0.3) is 0 Å². The monoisotopic (exact) mass is 338 g/mol. The van der Waals surface area contributed by atoms with Crippen molar-refractivity contribution in [3.63, 3.8) is 0 Å². The summed E-state index contributed by atoms with van der Waals surface area (Å²) in [4.78, 5) is 10.7. The van der Waals surface area contributed by atoms with Crippen molar-refractivity contribution in [2.24, 2.45) is 0 Å². The van der Waals surface area contributed by atoms with Crippen LogP contribution in [-0.2, 0) is 9.84 Å². The summed E-state index contributed by atoms with van der Waals surface area (Å²) >= 11 is 8.60. The van der Waals surface area contributed by atoms with Gasteiger partial charge in [0.2, 0.25) is 0 Å². The summed E-state index contributed by atoms with van der Waals surface area (Å²) < 4.78 is 23.9. The van der Waals surface area contributed by atoms with Gasteiger partial charge in [0.05, 0.1) is 21.2 Å². The Morgan fingerprint density at radius 1 is 1.47 bits per heavy atom. The van der Waals surface area contributed by atoms with Crippen LogP contribution < -0.4 is 0 Å². The topological polar surface area (TPSA) is 71.4 Å². The molecule has 0 fully saturated rings. The molecule has 0 aliphatic heterocycles. The van der Waals surface area contributed by atoms with Gasteiger partial charge in [-0.05, 0) is 18.2 Å². The van der Waals surface area contributed by atoms with Crippen molar-refractivity contribution < 1.29 is 18.3 Å². The van der Waals surface area contributed by atoms with Crippen LogP contribution >= 0.6 is 27.5 Å². The zero-order valence-electron chi connectivity index (χ0n) is 8.48. The second-order valence-electron chi connectivity index (χ2n) is 3.22. The second-order valence-corrected chi connectivity index (χ2v) is 6.74. The standard InChI is InChI=1S/C10H8BrClO4S/c1-6(11)5-17(15,16)7-2-3-9(12)8(4-7)10(13)14/h2-4H,1,5H2,(H,13,14). The number of aromatic carboxylic acids is 1. The molecule has 0 spiro atoms. The highest BCUT2D eigenvalue weighted by atomic mass is 79.9. The Hall–Kier alpha value is -0.850. The molecule has 0 heterocycles. The van der Waals surface area contributed by atoms with Crippen LogP contribution in [0.25, 0.3) is 0 Å². The summed E-state index contributed by atoms with van der Waals surface area (Å²) in [6.45, 7) is 3.44. The molecule has 0 unspecified atom stereocenters. The Morgan fingerprint density at radius 3 is 2.53 bits per heavy atom. The molecule has 0 radical (unpaired) electrons. The molecular weight excluding hydrogens is 332 g/mol. The predicted octanol–water partition coefficient (Wildman–Crippen LogP) is 2.72. The smallest absolute Gasteiger partial charge is 0.337 e. The molecule has 0 aliphatic carbocycles. The Kier molecular flexibility index (Phi) is 4.35. The van der Waals surface area contributed by atoms with Crippen molar-refractivity contribution in [1.82, 2.24) is 0 Å². The zero-order valence-corrected chi connectivity index (χ0v) is 11.6. The van der Waals surface area contributed by atoms with Gasteiger partial charge in [-0.15, -0.1) is 0 Å². The van der Waals surface area contributed by atoms with Crippen molar-refractivity contribution >= 4 is 43.3 Å². The molecule has 0 amide bonds.